The summed E-state index contributed by atoms with van der Waals surface area (Å²) in [5, 5.41) is 9.25. The number of benzene rings is 1. The van der Waals surface area contributed by atoms with Crippen LogP contribution in [0, 0.1) is 5.82 Å². The van der Waals surface area contributed by atoms with Gasteiger partial charge in [0.05, 0.1) is 10.0 Å². The maximum atomic E-state index is 13.9. The number of amides is 1. The standard InChI is InChI=1S/C12H10BrClFNO3/c13-8-5-6(14)4-7(10(8)15)11(17)16-3-1-2-9(16)12(18)19/h4-5,9H,1-3H2,(H,18,19)/t9-/m1/s1. The summed E-state index contributed by atoms with van der Waals surface area (Å²) >= 11 is 8.76. The van der Waals surface area contributed by atoms with Crippen molar-refractivity contribution in [2.45, 2.75) is 18.9 Å². The number of halogens is 3. The molecule has 0 radical (unpaired) electrons. The van der Waals surface area contributed by atoms with E-state index in [4.69, 9.17) is 16.7 Å². The van der Waals surface area contributed by atoms with E-state index in [-0.39, 0.29) is 15.1 Å². The van der Waals surface area contributed by atoms with E-state index in [0.29, 0.717) is 19.4 Å². The minimum absolute atomic E-state index is 0.0782. The topological polar surface area (TPSA) is 57.6 Å². The van der Waals surface area contributed by atoms with Crippen LogP contribution < -0.4 is 0 Å². The molecule has 0 unspecified atom stereocenters. The van der Waals surface area contributed by atoms with Crippen LogP contribution in [0.2, 0.25) is 5.02 Å². The van der Waals surface area contributed by atoms with Gasteiger partial charge in [0.1, 0.15) is 11.9 Å². The normalized spacial score (nSPS) is 18.7. The second-order valence-electron chi connectivity index (χ2n) is 4.24. The first-order valence-corrected chi connectivity index (χ1v) is 6.77. The van der Waals surface area contributed by atoms with Gasteiger partial charge in [0.25, 0.3) is 5.91 Å². The van der Waals surface area contributed by atoms with E-state index >= 15 is 0 Å². The van der Waals surface area contributed by atoms with Crippen LogP contribution in [0.25, 0.3) is 0 Å². The van der Waals surface area contributed by atoms with Crippen LogP contribution in [0.1, 0.15) is 23.2 Å². The van der Waals surface area contributed by atoms with Gasteiger partial charge in [-0.05, 0) is 40.9 Å². The van der Waals surface area contributed by atoms with Gasteiger partial charge in [0.15, 0.2) is 0 Å². The summed E-state index contributed by atoms with van der Waals surface area (Å²) in [5.41, 5.74) is -0.215. The lowest BCUT2D eigenvalue weighted by Gasteiger charge is -2.22. The number of rotatable bonds is 2. The fourth-order valence-corrected chi connectivity index (χ4v) is 2.94. The number of carboxylic acid groups (broad SMARTS) is 1. The van der Waals surface area contributed by atoms with E-state index in [9.17, 15) is 14.0 Å². The zero-order chi connectivity index (χ0) is 14.2. The third-order valence-corrected chi connectivity index (χ3v) is 3.82. The summed E-state index contributed by atoms with van der Waals surface area (Å²) in [6.07, 6.45) is 0.969. The third kappa shape index (κ3) is 2.74. The number of hydrogen-bond acceptors (Lipinski definition) is 2. The van der Waals surface area contributed by atoms with Crippen molar-refractivity contribution in [3.8, 4) is 0 Å². The molecule has 0 aliphatic carbocycles. The smallest absolute Gasteiger partial charge is 0.326 e. The summed E-state index contributed by atoms with van der Waals surface area (Å²) in [6, 6.07) is 1.65. The number of aliphatic carboxylic acids is 1. The van der Waals surface area contributed by atoms with Crippen molar-refractivity contribution >= 4 is 39.4 Å². The van der Waals surface area contributed by atoms with Crippen molar-refractivity contribution in [3.05, 3.63) is 33.0 Å². The Bertz CT molecular complexity index is 552. The molecule has 1 aliphatic heterocycles. The SMILES string of the molecule is O=C(O)[C@H]1CCCN1C(=O)c1cc(Cl)cc(Br)c1F. The number of nitrogens with zero attached hydrogens (tertiary/aromatic N) is 1. The third-order valence-electron chi connectivity index (χ3n) is 3.02. The molecule has 102 valence electrons. The summed E-state index contributed by atoms with van der Waals surface area (Å²) < 4.78 is 14.0. The first-order chi connectivity index (χ1) is 8.91. The van der Waals surface area contributed by atoms with Gasteiger partial charge in [-0.1, -0.05) is 11.6 Å². The largest absolute Gasteiger partial charge is 0.480 e. The second kappa shape index (κ2) is 5.46. The van der Waals surface area contributed by atoms with Crippen LogP contribution in [0.15, 0.2) is 16.6 Å². The van der Waals surface area contributed by atoms with Gasteiger partial charge in [-0.15, -0.1) is 0 Å². The zero-order valence-electron chi connectivity index (χ0n) is 9.70. The number of likely N-dealkylation sites (tertiary alicyclic amines) is 1. The summed E-state index contributed by atoms with van der Waals surface area (Å²) in [5.74, 6) is -2.46. The molecule has 1 aromatic carbocycles. The Balaban J connectivity index is 2.37. The van der Waals surface area contributed by atoms with Crippen LogP contribution in [-0.2, 0) is 4.79 Å². The molecule has 1 aromatic rings. The average Bonchev–Trinajstić information content (AvgIpc) is 2.82. The molecule has 1 saturated heterocycles. The molecule has 0 bridgehead atoms. The predicted molar refractivity (Wildman–Crippen MR) is 70.8 cm³/mol. The molecule has 1 atom stereocenters. The molecular formula is C12H10BrClFNO3. The molecule has 0 spiro atoms. The Morgan fingerprint density at radius 2 is 2.16 bits per heavy atom. The van der Waals surface area contributed by atoms with Gasteiger partial charge in [-0.25, -0.2) is 9.18 Å². The highest BCUT2D eigenvalue weighted by Crippen LogP contribution is 2.27. The van der Waals surface area contributed by atoms with Crippen molar-refractivity contribution in [1.29, 1.82) is 0 Å². The van der Waals surface area contributed by atoms with Gasteiger partial charge >= 0.3 is 5.97 Å². The van der Waals surface area contributed by atoms with E-state index in [1.165, 1.54) is 17.0 Å². The lowest BCUT2D eigenvalue weighted by Crippen LogP contribution is -2.40. The molecule has 1 heterocycles. The van der Waals surface area contributed by atoms with Crippen molar-refractivity contribution in [2.24, 2.45) is 0 Å². The quantitative estimate of drug-likeness (QED) is 0.834. The molecule has 0 saturated carbocycles. The minimum atomic E-state index is -1.08. The van der Waals surface area contributed by atoms with Crippen LogP contribution in [0.5, 0.6) is 0 Å². The molecule has 2 rings (SSSR count). The van der Waals surface area contributed by atoms with Crippen LogP contribution >= 0.6 is 27.5 Å². The first kappa shape index (κ1) is 14.3. The van der Waals surface area contributed by atoms with E-state index in [1.54, 1.807) is 0 Å². The average molecular weight is 351 g/mol. The van der Waals surface area contributed by atoms with E-state index in [2.05, 4.69) is 15.9 Å². The molecule has 7 heteroatoms. The lowest BCUT2D eigenvalue weighted by molar-refractivity contribution is -0.141. The van der Waals surface area contributed by atoms with Crippen molar-refractivity contribution < 1.29 is 19.1 Å². The zero-order valence-corrected chi connectivity index (χ0v) is 12.0. The first-order valence-electron chi connectivity index (χ1n) is 5.60. The highest BCUT2D eigenvalue weighted by molar-refractivity contribution is 9.10. The maximum absolute atomic E-state index is 13.9. The second-order valence-corrected chi connectivity index (χ2v) is 5.53. The number of carboxylic acids is 1. The molecule has 1 aliphatic rings. The Hall–Kier alpha value is -1.14. The predicted octanol–water partition coefficient (Wildman–Crippen LogP) is 2.93. The Kier molecular flexibility index (Phi) is 4.10. The monoisotopic (exact) mass is 349 g/mol. The Morgan fingerprint density at radius 3 is 2.79 bits per heavy atom. The van der Waals surface area contributed by atoms with E-state index in [1.807, 2.05) is 0 Å². The van der Waals surface area contributed by atoms with Gasteiger partial charge in [0, 0.05) is 11.6 Å². The lowest BCUT2D eigenvalue weighted by atomic mass is 10.1. The number of hydrogen-bond donors (Lipinski definition) is 1. The Labute approximate surface area is 122 Å². The van der Waals surface area contributed by atoms with Gasteiger partial charge in [-0.3, -0.25) is 4.79 Å². The molecule has 19 heavy (non-hydrogen) atoms. The fraction of sp³-hybridized carbons (Fsp3) is 0.333. The molecule has 1 N–H and O–H groups in total. The molecule has 1 fully saturated rings. The van der Waals surface area contributed by atoms with Crippen LogP contribution in [0.3, 0.4) is 0 Å². The Morgan fingerprint density at radius 1 is 1.47 bits per heavy atom. The maximum Gasteiger partial charge on any atom is 0.326 e. The molecule has 4 nitrogen and oxygen atoms in total. The van der Waals surface area contributed by atoms with E-state index < -0.39 is 23.7 Å². The summed E-state index contributed by atoms with van der Waals surface area (Å²) in [4.78, 5) is 24.4. The molecule has 1 amide bonds. The summed E-state index contributed by atoms with van der Waals surface area (Å²) in [6.45, 7) is 0.305. The number of carbonyl (C=O) groups is 2. The minimum Gasteiger partial charge on any atom is -0.480 e. The van der Waals surface area contributed by atoms with Gasteiger partial charge < -0.3 is 10.0 Å². The van der Waals surface area contributed by atoms with Crippen molar-refractivity contribution in [3.63, 3.8) is 0 Å². The van der Waals surface area contributed by atoms with Crippen LogP contribution in [-0.4, -0.2) is 34.5 Å². The molecule has 0 aromatic heterocycles. The van der Waals surface area contributed by atoms with Gasteiger partial charge in [0.2, 0.25) is 0 Å². The van der Waals surface area contributed by atoms with Crippen molar-refractivity contribution in [1.82, 2.24) is 4.90 Å². The van der Waals surface area contributed by atoms with Gasteiger partial charge in [-0.2, -0.15) is 0 Å². The highest BCUT2D eigenvalue weighted by Gasteiger charge is 2.35. The van der Waals surface area contributed by atoms with Crippen LogP contribution in [0.4, 0.5) is 4.39 Å². The summed E-state index contributed by atoms with van der Waals surface area (Å²) in [7, 11) is 0. The highest BCUT2D eigenvalue weighted by atomic mass is 79.9. The van der Waals surface area contributed by atoms with Crippen molar-refractivity contribution in [2.75, 3.05) is 6.54 Å². The molecular weight excluding hydrogens is 340 g/mol. The fourth-order valence-electron chi connectivity index (χ4n) is 2.13. The number of carbonyl (C=O) groups excluding carboxylic acids is 1. The van der Waals surface area contributed by atoms with E-state index in [0.717, 1.165) is 0 Å².